The van der Waals surface area contributed by atoms with Gasteiger partial charge < -0.3 is 9.64 Å². The van der Waals surface area contributed by atoms with Crippen LogP contribution in [0.15, 0.2) is 36.7 Å². The van der Waals surface area contributed by atoms with Crippen LogP contribution in [0.4, 0.5) is 4.39 Å². The molecule has 4 aromatic heterocycles. The second kappa shape index (κ2) is 9.62. The average molecular weight is 486 g/mol. The molecule has 0 bridgehead atoms. The van der Waals surface area contributed by atoms with Crippen LogP contribution in [0.5, 0.6) is 5.88 Å². The van der Waals surface area contributed by atoms with Crippen molar-refractivity contribution >= 4 is 5.65 Å². The number of nitriles is 2. The number of aromatic nitrogens is 6. The molecule has 0 aliphatic carbocycles. The number of likely N-dealkylation sites (tertiary alicyclic amines) is 1. The second-order valence-electron chi connectivity index (χ2n) is 8.83. The molecule has 5 rings (SSSR count). The number of nitrogens with zero attached hydrogens (tertiary/aromatic N) is 9. The number of imidazole rings is 1. The first-order valence-corrected chi connectivity index (χ1v) is 11.7. The van der Waals surface area contributed by atoms with Gasteiger partial charge in [0.15, 0.2) is 6.19 Å². The first-order valence-electron chi connectivity index (χ1n) is 11.7. The molecular weight excluding hydrogens is 461 g/mol. The van der Waals surface area contributed by atoms with Gasteiger partial charge in [0, 0.05) is 24.7 Å². The summed E-state index contributed by atoms with van der Waals surface area (Å²) in [6.45, 7) is 5.23. The zero-order valence-corrected chi connectivity index (χ0v) is 20.0. The highest BCUT2D eigenvalue weighted by Crippen LogP contribution is 2.32. The Bertz CT molecular complexity index is 1480. The van der Waals surface area contributed by atoms with Crippen LogP contribution in [0.2, 0.25) is 0 Å². The number of hydrogen-bond donors (Lipinski definition) is 0. The van der Waals surface area contributed by atoms with E-state index in [1.807, 2.05) is 17.7 Å². The lowest BCUT2D eigenvalue weighted by Gasteiger charge is -2.17. The SMILES string of the molecule is Cc1c(-c2cc(OC(C)c3ccc(F)cn3)n3c(C#N)cnc3c2)nnn1C1CCCN(C#N)CC1. The van der Waals surface area contributed by atoms with Gasteiger partial charge in [0.25, 0.3) is 0 Å². The van der Waals surface area contributed by atoms with Crippen LogP contribution in [0, 0.1) is 35.5 Å². The minimum atomic E-state index is -0.510. The van der Waals surface area contributed by atoms with Crippen LogP contribution < -0.4 is 4.74 Å². The number of pyridine rings is 2. The Kier molecular flexibility index (Phi) is 6.21. The quantitative estimate of drug-likeness (QED) is 0.390. The third kappa shape index (κ3) is 4.31. The molecule has 1 aliphatic rings. The van der Waals surface area contributed by atoms with E-state index in [2.05, 4.69) is 32.5 Å². The van der Waals surface area contributed by atoms with Crippen molar-refractivity contribution in [1.82, 2.24) is 34.3 Å². The fourth-order valence-electron chi connectivity index (χ4n) is 4.63. The lowest BCUT2D eigenvalue weighted by Crippen LogP contribution is -2.19. The Morgan fingerprint density at radius 3 is 2.75 bits per heavy atom. The minimum absolute atomic E-state index is 0.158. The molecule has 1 fully saturated rings. The standard InChI is InChI=1S/C25H24FN9O/c1-16-25(31-32-35(16)20-4-3-8-33(15-28)9-7-20)18-10-23-30-14-21(12-27)34(23)24(11-18)36-17(2)22-6-5-19(26)13-29-22/h5-6,10-11,13-14,17,20H,3-4,7-9H2,1-2H3. The van der Waals surface area contributed by atoms with E-state index in [1.54, 1.807) is 28.4 Å². The molecule has 11 heteroatoms. The molecule has 2 atom stereocenters. The number of rotatable bonds is 5. The maximum atomic E-state index is 13.3. The lowest BCUT2D eigenvalue weighted by molar-refractivity contribution is 0.209. The van der Waals surface area contributed by atoms with Gasteiger partial charge in [-0.3, -0.25) is 9.38 Å². The van der Waals surface area contributed by atoms with E-state index in [9.17, 15) is 14.9 Å². The Hall–Kier alpha value is -4.51. The summed E-state index contributed by atoms with van der Waals surface area (Å²) in [4.78, 5) is 10.3. The van der Waals surface area contributed by atoms with Crippen molar-refractivity contribution in [2.45, 2.75) is 45.3 Å². The van der Waals surface area contributed by atoms with Crippen LogP contribution >= 0.6 is 0 Å². The molecule has 10 nitrogen and oxygen atoms in total. The smallest absolute Gasteiger partial charge is 0.201 e. The second-order valence-corrected chi connectivity index (χ2v) is 8.83. The predicted octanol–water partition coefficient (Wildman–Crippen LogP) is 3.96. The van der Waals surface area contributed by atoms with Crippen molar-refractivity contribution < 1.29 is 9.13 Å². The topological polar surface area (TPSA) is 121 Å². The van der Waals surface area contributed by atoms with Gasteiger partial charge in [0.05, 0.1) is 29.8 Å². The van der Waals surface area contributed by atoms with Crippen LogP contribution in [-0.4, -0.2) is 47.4 Å². The average Bonchev–Trinajstić information content (AvgIpc) is 3.39. The molecule has 0 N–H and O–H groups in total. The zero-order chi connectivity index (χ0) is 25.2. The number of ether oxygens (including phenoxy) is 1. The highest BCUT2D eigenvalue weighted by molar-refractivity contribution is 5.68. The van der Waals surface area contributed by atoms with Gasteiger partial charge in [-0.1, -0.05) is 5.21 Å². The monoisotopic (exact) mass is 485 g/mol. The fourth-order valence-corrected chi connectivity index (χ4v) is 4.63. The number of fused-ring (bicyclic) bond motifs is 1. The Morgan fingerprint density at radius 1 is 1.14 bits per heavy atom. The molecule has 0 aromatic carbocycles. The molecule has 0 saturated carbocycles. The molecule has 1 saturated heterocycles. The van der Waals surface area contributed by atoms with E-state index in [1.165, 1.54) is 12.3 Å². The van der Waals surface area contributed by atoms with Crippen molar-refractivity contribution in [3.8, 4) is 29.4 Å². The molecule has 36 heavy (non-hydrogen) atoms. The molecule has 5 heterocycles. The summed E-state index contributed by atoms with van der Waals surface area (Å²) >= 11 is 0. The summed E-state index contributed by atoms with van der Waals surface area (Å²) < 4.78 is 23.1. The molecular formula is C25H24FN9O. The molecule has 2 unspecified atom stereocenters. The van der Waals surface area contributed by atoms with Gasteiger partial charge in [-0.25, -0.2) is 14.1 Å². The fraction of sp³-hybridized carbons (Fsp3) is 0.360. The summed E-state index contributed by atoms with van der Waals surface area (Å²) in [6, 6.07) is 8.85. The molecule has 1 aliphatic heterocycles. The Morgan fingerprint density at radius 2 is 2.00 bits per heavy atom. The molecule has 0 radical (unpaired) electrons. The maximum Gasteiger partial charge on any atom is 0.201 e. The van der Waals surface area contributed by atoms with Crippen molar-refractivity contribution in [1.29, 1.82) is 10.5 Å². The summed E-state index contributed by atoms with van der Waals surface area (Å²) in [5.74, 6) is -0.0347. The van der Waals surface area contributed by atoms with Gasteiger partial charge in [0.1, 0.15) is 35.0 Å². The predicted molar refractivity (Wildman–Crippen MR) is 127 cm³/mol. The summed E-state index contributed by atoms with van der Waals surface area (Å²) in [5.41, 5.74) is 3.76. The van der Waals surface area contributed by atoms with Gasteiger partial charge in [-0.05, 0) is 51.3 Å². The van der Waals surface area contributed by atoms with E-state index in [4.69, 9.17) is 4.74 Å². The van der Waals surface area contributed by atoms with Crippen LogP contribution in [0.3, 0.4) is 0 Å². The first kappa shape index (κ1) is 23.2. The largest absolute Gasteiger partial charge is 0.469 e. The number of halogens is 1. The van der Waals surface area contributed by atoms with Crippen LogP contribution in [0.1, 0.15) is 55.4 Å². The molecule has 0 spiro atoms. The minimum Gasteiger partial charge on any atom is -0.469 e. The molecule has 0 amide bonds. The van der Waals surface area contributed by atoms with Gasteiger partial charge in [-0.2, -0.15) is 10.5 Å². The van der Waals surface area contributed by atoms with Crippen molar-refractivity contribution in [3.63, 3.8) is 0 Å². The van der Waals surface area contributed by atoms with E-state index in [0.29, 0.717) is 35.2 Å². The summed E-state index contributed by atoms with van der Waals surface area (Å²) in [7, 11) is 0. The highest BCUT2D eigenvalue weighted by atomic mass is 19.1. The summed E-state index contributed by atoms with van der Waals surface area (Å²) in [5, 5.41) is 27.8. The lowest BCUT2D eigenvalue weighted by atomic mass is 10.1. The van der Waals surface area contributed by atoms with E-state index < -0.39 is 11.9 Å². The maximum absolute atomic E-state index is 13.3. The third-order valence-corrected chi connectivity index (χ3v) is 6.54. The third-order valence-electron chi connectivity index (χ3n) is 6.54. The number of hydrogen-bond acceptors (Lipinski definition) is 8. The first-order chi connectivity index (χ1) is 17.5. The van der Waals surface area contributed by atoms with Gasteiger partial charge in [-0.15, -0.1) is 5.10 Å². The van der Waals surface area contributed by atoms with Crippen molar-refractivity contribution in [2.24, 2.45) is 0 Å². The van der Waals surface area contributed by atoms with Crippen molar-refractivity contribution in [3.05, 3.63) is 59.6 Å². The Labute approximate surface area is 207 Å². The normalized spacial score (nSPS) is 16.8. The van der Waals surface area contributed by atoms with Crippen LogP contribution in [0.25, 0.3) is 16.9 Å². The van der Waals surface area contributed by atoms with Gasteiger partial charge in [0.2, 0.25) is 5.88 Å². The van der Waals surface area contributed by atoms with E-state index in [-0.39, 0.29) is 6.04 Å². The van der Waals surface area contributed by atoms with Crippen LogP contribution in [-0.2, 0) is 0 Å². The summed E-state index contributed by atoms with van der Waals surface area (Å²) in [6.07, 6.45) is 7.01. The van der Waals surface area contributed by atoms with Crippen molar-refractivity contribution in [2.75, 3.05) is 13.1 Å². The molecule has 4 aromatic rings. The highest BCUT2D eigenvalue weighted by Gasteiger charge is 2.23. The Balaban J connectivity index is 1.51. The van der Waals surface area contributed by atoms with E-state index >= 15 is 0 Å². The van der Waals surface area contributed by atoms with Gasteiger partial charge >= 0.3 is 0 Å². The van der Waals surface area contributed by atoms with E-state index in [0.717, 1.165) is 43.3 Å². The zero-order valence-electron chi connectivity index (χ0n) is 20.0. The molecule has 182 valence electrons.